The average molecular weight is 304 g/mol. The van der Waals surface area contributed by atoms with E-state index >= 15 is 0 Å². The predicted octanol–water partition coefficient (Wildman–Crippen LogP) is 2.52. The zero-order valence-electron chi connectivity index (χ0n) is 11.9. The fraction of sp³-hybridized carbons (Fsp3) is 0.214. The molecule has 7 heteroatoms. The third-order valence-electron chi connectivity index (χ3n) is 3.38. The Balaban J connectivity index is 1.98. The van der Waals surface area contributed by atoms with Gasteiger partial charge in [0, 0.05) is 14.1 Å². The van der Waals surface area contributed by atoms with E-state index < -0.39 is 0 Å². The summed E-state index contributed by atoms with van der Waals surface area (Å²) in [5.74, 6) is 0.137. The minimum atomic E-state index is -0.332. The Bertz CT molecular complexity index is 849. The van der Waals surface area contributed by atoms with Gasteiger partial charge in [-0.15, -0.1) is 0 Å². The molecule has 0 spiro atoms. The van der Waals surface area contributed by atoms with Crippen molar-refractivity contribution >= 4 is 34.5 Å². The molecule has 0 bridgehead atoms. The van der Waals surface area contributed by atoms with Crippen molar-refractivity contribution in [3.63, 3.8) is 0 Å². The number of carbonyl (C=O) groups is 1. The second-order valence-electron chi connectivity index (χ2n) is 4.81. The third-order valence-corrected chi connectivity index (χ3v) is 3.83. The molecule has 2 aromatic heterocycles. The molecule has 1 aromatic carbocycles. The van der Waals surface area contributed by atoms with Crippen LogP contribution in [-0.4, -0.2) is 25.2 Å². The normalized spacial score (nSPS) is 11.0. The Morgan fingerprint density at radius 2 is 2.00 bits per heavy atom. The molecule has 0 aliphatic rings. The molecule has 0 fully saturated rings. The molecule has 3 aromatic rings. The quantitative estimate of drug-likeness (QED) is 0.791. The van der Waals surface area contributed by atoms with E-state index in [1.165, 1.54) is 4.68 Å². The Kier molecular flexibility index (Phi) is 3.17. The van der Waals surface area contributed by atoms with Crippen LogP contribution in [0.15, 0.2) is 24.3 Å². The summed E-state index contributed by atoms with van der Waals surface area (Å²) in [6.07, 6.45) is 0. The van der Waals surface area contributed by atoms with E-state index in [4.69, 9.17) is 11.6 Å². The van der Waals surface area contributed by atoms with Crippen molar-refractivity contribution in [2.45, 2.75) is 6.92 Å². The molecule has 0 atom stereocenters. The van der Waals surface area contributed by atoms with Crippen molar-refractivity contribution in [2.24, 2.45) is 14.1 Å². The summed E-state index contributed by atoms with van der Waals surface area (Å²) >= 11 is 6.12. The van der Waals surface area contributed by atoms with E-state index in [1.54, 1.807) is 14.0 Å². The lowest BCUT2D eigenvalue weighted by molar-refractivity contribution is 0.101. The number of nitrogens with one attached hydrogen (secondary N) is 1. The van der Waals surface area contributed by atoms with Crippen LogP contribution >= 0.6 is 11.6 Å². The maximum absolute atomic E-state index is 12.4. The highest BCUT2D eigenvalue weighted by Gasteiger charge is 2.20. The molecule has 0 saturated heterocycles. The van der Waals surface area contributed by atoms with Gasteiger partial charge in [-0.3, -0.25) is 14.8 Å². The first-order valence-corrected chi connectivity index (χ1v) is 6.78. The fourth-order valence-corrected chi connectivity index (χ4v) is 2.54. The number of rotatable bonds is 2. The molecule has 3 rings (SSSR count). The van der Waals surface area contributed by atoms with Crippen LogP contribution in [-0.2, 0) is 14.1 Å². The van der Waals surface area contributed by atoms with Gasteiger partial charge in [0.2, 0.25) is 5.95 Å². The molecule has 2 heterocycles. The number of carbonyl (C=O) groups excluding carboxylic acids is 1. The Morgan fingerprint density at radius 3 is 2.62 bits per heavy atom. The molecule has 6 nitrogen and oxygen atoms in total. The first-order valence-electron chi connectivity index (χ1n) is 6.41. The highest BCUT2D eigenvalue weighted by Crippen LogP contribution is 2.22. The smallest absolute Gasteiger partial charge is 0.277 e. The zero-order valence-corrected chi connectivity index (χ0v) is 12.6. The van der Waals surface area contributed by atoms with Crippen LogP contribution in [0.5, 0.6) is 0 Å². The van der Waals surface area contributed by atoms with E-state index in [9.17, 15) is 4.79 Å². The maximum atomic E-state index is 12.4. The topological polar surface area (TPSA) is 64.7 Å². The second kappa shape index (κ2) is 4.89. The molecule has 0 aliphatic heterocycles. The van der Waals surface area contributed by atoms with Gasteiger partial charge in [0.1, 0.15) is 5.69 Å². The van der Waals surface area contributed by atoms with E-state index in [-0.39, 0.29) is 5.91 Å². The highest BCUT2D eigenvalue weighted by molar-refractivity contribution is 6.34. The summed E-state index contributed by atoms with van der Waals surface area (Å²) < 4.78 is 3.29. The number of para-hydroxylation sites is 2. The largest absolute Gasteiger partial charge is 0.313 e. The molecule has 0 radical (unpaired) electrons. The van der Waals surface area contributed by atoms with Gasteiger partial charge >= 0.3 is 0 Å². The summed E-state index contributed by atoms with van der Waals surface area (Å²) in [6.45, 7) is 1.76. The Labute approximate surface area is 126 Å². The zero-order chi connectivity index (χ0) is 15.1. The highest BCUT2D eigenvalue weighted by atomic mass is 35.5. The van der Waals surface area contributed by atoms with Crippen molar-refractivity contribution in [3.05, 3.63) is 40.7 Å². The lowest BCUT2D eigenvalue weighted by atomic mass is 10.3. The Morgan fingerprint density at radius 1 is 1.29 bits per heavy atom. The number of amides is 1. The first kappa shape index (κ1) is 13.6. The lowest BCUT2D eigenvalue weighted by Gasteiger charge is -2.05. The molecular formula is C14H14ClN5O. The average Bonchev–Trinajstić information content (AvgIpc) is 2.88. The predicted molar refractivity (Wildman–Crippen MR) is 81.6 cm³/mol. The fourth-order valence-electron chi connectivity index (χ4n) is 2.30. The molecule has 1 amide bonds. The number of aromatic nitrogens is 4. The minimum absolute atomic E-state index is 0.321. The van der Waals surface area contributed by atoms with Crippen LogP contribution in [0.3, 0.4) is 0 Å². The number of halogens is 1. The molecule has 108 valence electrons. The van der Waals surface area contributed by atoms with Crippen molar-refractivity contribution in [1.82, 2.24) is 19.3 Å². The number of fused-ring (bicyclic) bond motifs is 1. The molecule has 0 saturated carbocycles. The summed E-state index contributed by atoms with van der Waals surface area (Å²) in [6, 6.07) is 7.67. The van der Waals surface area contributed by atoms with Crippen LogP contribution in [0.4, 0.5) is 5.95 Å². The van der Waals surface area contributed by atoms with Crippen LogP contribution in [0, 0.1) is 6.92 Å². The molecule has 0 aliphatic carbocycles. The van der Waals surface area contributed by atoms with Gasteiger partial charge in [-0.1, -0.05) is 23.7 Å². The number of hydrogen-bond acceptors (Lipinski definition) is 3. The number of aryl methyl sites for hydroxylation is 3. The van der Waals surface area contributed by atoms with Gasteiger partial charge in [-0.05, 0) is 19.1 Å². The van der Waals surface area contributed by atoms with Crippen molar-refractivity contribution in [2.75, 3.05) is 5.32 Å². The summed E-state index contributed by atoms with van der Waals surface area (Å²) in [7, 11) is 3.53. The SMILES string of the molecule is Cc1nn(C)c(C(=O)Nc2nc3ccccc3n2C)c1Cl. The van der Waals surface area contributed by atoms with Gasteiger partial charge < -0.3 is 4.57 Å². The summed E-state index contributed by atoms with van der Waals surface area (Å²) in [5, 5.41) is 7.27. The molecule has 21 heavy (non-hydrogen) atoms. The van der Waals surface area contributed by atoms with Gasteiger partial charge in [-0.25, -0.2) is 4.98 Å². The standard InChI is InChI=1S/C14H14ClN5O/c1-8-11(15)12(20(3)18-8)13(21)17-14-16-9-6-4-5-7-10(9)19(14)2/h4-7H,1-3H3,(H,16,17,21). The number of benzene rings is 1. The lowest BCUT2D eigenvalue weighted by Crippen LogP contribution is -2.18. The first-order chi connectivity index (χ1) is 9.99. The third kappa shape index (κ3) is 2.17. The van der Waals surface area contributed by atoms with Gasteiger partial charge in [-0.2, -0.15) is 5.10 Å². The molecular weight excluding hydrogens is 290 g/mol. The van der Waals surface area contributed by atoms with Crippen molar-refractivity contribution in [1.29, 1.82) is 0 Å². The maximum Gasteiger partial charge on any atom is 0.277 e. The van der Waals surface area contributed by atoms with E-state index in [0.29, 0.717) is 22.4 Å². The number of anilines is 1. The Hall–Kier alpha value is -2.34. The number of imidazole rings is 1. The van der Waals surface area contributed by atoms with Gasteiger partial charge in [0.25, 0.3) is 5.91 Å². The van der Waals surface area contributed by atoms with Crippen LogP contribution in [0.25, 0.3) is 11.0 Å². The van der Waals surface area contributed by atoms with Crippen molar-refractivity contribution < 1.29 is 4.79 Å². The number of hydrogen-bond donors (Lipinski definition) is 1. The van der Waals surface area contributed by atoms with E-state index in [1.807, 2.05) is 35.9 Å². The van der Waals surface area contributed by atoms with Crippen LogP contribution in [0.1, 0.15) is 16.2 Å². The summed E-state index contributed by atoms with van der Waals surface area (Å²) in [5.41, 5.74) is 2.71. The van der Waals surface area contributed by atoms with Gasteiger partial charge in [0.05, 0.1) is 21.7 Å². The summed E-state index contributed by atoms with van der Waals surface area (Å²) in [4.78, 5) is 16.8. The van der Waals surface area contributed by atoms with E-state index in [0.717, 1.165) is 11.0 Å². The monoisotopic (exact) mass is 303 g/mol. The molecule has 0 unspecified atom stereocenters. The van der Waals surface area contributed by atoms with E-state index in [2.05, 4.69) is 15.4 Å². The number of nitrogens with zero attached hydrogens (tertiary/aromatic N) is 4. The van der Waals surface area contributed by atoms with Crippen LogP contribution in [0.2, 0.25) is 5.02 Å². The second-order valence-corrected chi connectivity index (χ2v) is 5.19. The van der Waals surface area contributed by atoms with Crippen LogP contribution < -0.4 is 5.32 Å². The van der Waals surface area contributed by atoms with Gasteiger partial charge in [0.15, 0.2) is 0 Å². The van der Waals surface area contributed by atoms with Crippen molar-refractivity contribution in [3.8, 4) is 0 Å². The minimum Gasteiger partial charge on any atom is -0.313 e. The molecule has 1 N–H and O–H groups in total.